The Labute approximate surface area is 171 Å². The number of urea groups is 1. The van der Waals surface area contributed by atoms with Gasteiger partial charge in [0.15, 0.2) is 12.2 Å². The SMILES string of the molecule is CCOCCN1C(=O)C2C(N=C3N(c4ccc(C)c(C)c4)C(C)=CN32)N(C)C1=O. The van der Waals surface area contributed by atoms with Gasteiger partial charge in [0.25, 0.3) is 5.91 Å². The lowest BCUT2D eigenvalue weighted by Crippen LogP contribution is -2.64. The van der Waals surface area contributed by atoms with E-state index in [1.54, 1.807) is 11.9 Å². The summed E-state index contributed by atoms with van der Waals surface area (Å²) in [7, 11) is 1.70. The molecule has 0 N–H and O–H groups in total. The van der Waals surface area contributed by atoms with E-state index in [0.29, 0.717) is 19.2 Å². The third kappa shape index (κ3) is 2.98. The summed E-state index contributed by atoms with van der Waals surface area (Å²) in [4.78, 5) is 37.5. The third-order valence-electron chi connectivity index (χ3n) is 5.80. The number of carbonyl (C=O) groups excluding carboxylic acids is 2. The van der Waals surface area contributed by atoms with Crippen molar-refractivity contribution < 1.29 is 14.3 Å². The molecule has 3 aliphatic heterocycles. The molecule has 0 aromatic heterocycles. The van der Waals surface area contributed by atoms with E-state index in [1.807, 2.05) is 29.8 Å². The first-order valence-electron chi connectivity index (χ1n) is 9.93. The summed E-state index contributed by atoms with van der Waals surface area (Å²) in [5.41, 5.74) is 4.39. The fourth-order valence-electron chi connectivity index (χ4n) is 4.04. The molecule has 0 radical (unpaired) electrons. The van der Waals surface area contributed by atoms with Crippen molar-refractivity contribution in [3.05, 3.63) is 41.2 Å². The van der Waals surface area contributed by atoms with Gasteiger partial charge in [-0.2, -0.15) is 0 Å². The van der Waals surface area contributed by atoms with E-state index in [9.17, 15) is 9.59 Å². The number of hydrogen-bond acceptors (Lipinski definition) is 6. The van der Waals surface area contributed by atoms with Crippen LogP contribution in [0.4, 0.5) is 10.5 Å². The number of allylic oxidation sites excluding steroid dienone is 1. The minimum Gasteiger partial charge on any atom is -0.380 e. The van der Waals surface area contributed by atoms with Gasteiger partial charge in [-0.15, -0.1) is 0 Å². The van der Waals surface area contributed by atoms with Crippen molar-refractivity contribution in [3.63, 3.8) is 0 Å². The molecule has 0 aliphatic carbocycles. The number of likely N-dealkylation sites (N-methyl/N-ethyl adjacent to an activating group) is 1. The number of rotatable bonds is 5. The van der Waals surface area contributed by atoms with Crippen molar-refractivity contribution in [2.45, 2.75) is 39.9 Å². The summed E-state index contributed by atoms with van der Waals surface area (Å²) in [5, 5.41) is 0. The average molecular weight is 397 g/mol. The Balaban J connectivity index is 1.66. The maximum atomic E-state index is 13.2. The second-order valence-corrected chi connectivity index (χ2v) is 7.65. The number of aliphatic imine (C=N–C) groups is 1. The molecular formula is C21H27N5O3. The molecule has 0 saturated carbocycles. The fourth-order valence-corrected chi connectivity index (χ4v) is 4.04. The van der Waals surface area contributed by atoms with Crippen LogP contribution in [0.5, 0.6) is 0 Å². The monoisotopic (exact) mass is 397 g/mol. The van der Waals surface area contributed by atoms with E-state index in [2.05, 4.69) is 32.0 Å². The molecule has 2 atom stereocenters. The van der Waals surface area contributed by atoms with Crippen molar-refractivity contribution in [3.8, 4) is 0 Å². The van der Waals surface area contributed by atoms with Crippen LogP contribution >= 0.6 is 0 Å². The van der Waals surface area contributed by atoms with Gasteiger partial charge in [-0.1, -0.05) is 6.07 Å². The zero-order valence-electron chi connectivity index (χ0n) is 17.5. The Morgan fingerprint density at radius 3 is 2.59 bits per heavy atom. The highest BCUT2D eigenvalue weighted by Gasteiger charge is 2.54. The topological polar surface area (TPSA) is 68.7 Å². The number of anilines is 1. The van der Waals surface area contributed by atoms with Gasteiger partial charge in [-0.25, -0.2) is 9.79 Å². The minimum atomic E-state index is -0.555. The third-order valence-corrected chi connectivity index (χ3v) is 5.80. The van der Waals surface area contributed by atoms with Crippen LogP contribution in [0.1, 0.15) is 25.0 Å². The molecule has 1 saturated heterocycles. The quantitative estimate of drug-likeness (QED) is 0.713. The molecule has 0 bridgehead atoms. The number of aryl methyl sites for hydroxylation is 2. The zero-order chi connectivity index (χ0) is 20.9. The molecule has 154 valence electrons. The fraction of sp³-hybridized carbons (Fsp3) is 0.476. The lowest BCUT2D eigenvalue weighted by molar-refractivity contribution is -0.137. The maximum Gasteiger partial charge on any atom is 0.328 e. The van der Waals surface area contributed by atoms with Gasteiger partial charge in [0.1, 0.15) is 0 Å². The Hall–Kier alpha value is -2.87. The van der Waals surface area contributed by atoms with Gasteiger partial charge >= 0.3 is 6.03 Å². The van der Waals surface area contributed by atoms with Crippen LogP contribution < -0.4 is 4.90 Å². The second kappa shape index (κ2) is 7.18. The molecule has 1 aromatic carbocycles. The number of carbonyl (C=O) groups is 2. The highest BCUT2D eigenvalue weighted by atomic mass is 16.5. The number of benzene rings is 1. The van der Waals surface area contributed by atoms with Crippen molar-refractivity contribution in [2.24, 2.45) is 4.99 Å². The van der Waals surface area contributed by atoms with Crippen molar-refractivity contribution in [1.29, 1.82) is 0 Å². The van der Waals surface area contributed by atoms with Crippen LogP contribution in [0, 0.1) is 13.8 Å². The van der Waals surface area contributed by atoms with Crippen LogP contribution in [0.25, 0.3) is 0 Å². The van der Waals surface area contributed by atoms with Gasteiger partial charge in [-0.05, 0) is 51.0 Å². The van der Waals surface area contributed by atoms with Crippen molar-refractivity contribution in [1.82, 2.24) is 14.7 Å². The molecule has 8 nitrogen and oxygen atoms in total. The number of nitrogens with zero attached hydrogens (tertiary/aromatic N) is 5. The average Bonchev–Trinajstić information content (AvgIpc) is 3.20. The lowest BCUT2D eigenvalue weighted by Gasteiger charge is -2.40. The molecule has 2 unspecified atom stereocenters. The summed E-state index contributed by atoms with van der Waals surface area (Å²) >= 11 is 0. The first kappa shape index (κ1) is 19.4. The van der Waals surface area contributed by atoms with Crippen LogP contribution in [0.15, 0.2) is 35.1 Å². The molecule has 29 heavy (non-hydrogen) atoms. The maximum absolute atomic E-state index is 13.2. The molecule has 3 aliphatic rings. The summed E-state index contributed by atoms with van der Waals surface area (Å²) in [6.07, 6.45) is 1.41. The molecule has 1 fully saturated rings. The standard InChI is InChI=1S/C21H27N5O3/c1-6-29-10-9-24-19(27)17-18(23(5)21(24)28)22-20-25(17)12-15(4)26(20)16-8-7-13(2)14(3)11-16/h7-8,11-12,17-18H,6,9-10H2,1-5H3. The first-order chi connectivity index (χ1) is 13.8. The predicted octanol–water partition coefficient (Wildman–Crippen LogP) is 2.28. The molecular weight excluding hydrogens is 370 g/mol. The highest BCUT2D eigenvalue weighted by Crippen LogP contribution is 2.36. The van der Waals surface area contributed by atoms with E-state index >= 15 is 0 Å². The Kier molecular flexibility index (Phi) is 4.82. The van der Waals surface area contributed by atoms with Crippen molar-refractivity contribution in [2.75, 3.05) is 31.7 Å². The van der Waals surface area contributed by atoms with E-state index < -0.39 is 12.2 Å². The summed E-state index contributed by atoms with van der Waals surface area (Å²) in [6, 6.07) is 5.37. The molecule has 8 heteroatoms. The van der Waals surface area contributed by atoms with Gasteiger partial charge in [0.05, 0.1) is 13.2 Å². The highest BCUT2D eigenvalue weighted by molar-refractivity contribution is 6.09. The smallest absolute Gasteiger partial charge is 0.328 e. The normalized spacial score (nSPS) is 23.5. The van der Waals surface area contributed by atoms with Gasteiger partial charge in [0, 0.05) is 31.2 Å². The number of amides is 3. The Morgan fingerprint density at radius 2 is 1.90 bits per heavy atom. The Morgan fingerprint density at radius 1 is 1.14 bits per heavy atom. The van der Waals surface area contributed by atoms with Crippen LogP contribution in [-0.2, 0) is 9.53 Å². The number of imide groups is 1. The van der Waals surface area contributed by atoms with Crippen LogP contribution in [0.2, 0.25) is 0 Å². The largest absolute Gasteiger partial charge is 0.380 e. The van der Waals surface area contributed by atoms with Crippen LogP contribution in [-0.4, -0.2) is 71.6 Å². The molecule has 0 spiro atoms. The van der Waals surface area contributed by atoms with E-state index in [0.717, 1.165) is 11.4 Å². The zero-order valence-corrected chi connectivity index (χ0v) is 17.5. The van der Waals surface area contributed by atoms with Gasteiger partial charge < -0.3 is 14.5 Å². The summed E-state index contributed by atoms with van der Waals surface area (Å²) in [6.45, 7) is 9.16. The Bertz CT molecular complexity index is 925. The number of ether oxygens (including phenoxy) is 1. The van der Waals surface area contributed by atoms with Crippen molar-refractivity contribution >= 4 is 23.6 Å². The number of fused-ring (bicyclic) bond motifs is 3. The minimum absolute atomic E-state index is 0.234. The molecule has 3 amide bonds. The van der Waals surface area contributed by atoms with Crippen LogP contribution in [0.3, 0.4) is 0 Å². The van der Waals surface area contributed by atoms with Gasteiger partial charge in [0.2, 0.25) is 5.96 Å². The van der Waals surface area contributed by atoms with E-state index in [1.165, 1.54) is 16.0 Å². The summed E-state index contributed by atoms with van der Waals surface area (Å²) in [5.74, 6) is 0.447. The van der Waals surface area contributed by atoms with E-state index in [4.69, 9.17) is 9.73 Å². The number of guanidine groups is 1. The molecule has 1 aromatic rings. The predicted molar refractivity (Wildman–Crippen MR) is 110 cm³/mol. The molecule has 3 heterocycles. The van der Waals surface area contributed by atoms with E-state index in [-0.39, 0.29) is 18.5 Å². The summed E-state index contributed by atoms with van der Waals surface area (Å²) < 4.78 is 5.35. The lowest BCUT2D eigenvalue weighted by atomic mass is 10.1. The molecule has 4 rings (SSSR count). The van der Waals surface area contributed by atoms with Gasteiger partial charge in [-0.3, -0.25) is 14.6 Å². The number of hydrogen-bond donors (Lipinski definition) is 0. The second-order valence-electron chi connectivity index (χ2n) is 7.65. The first-order valence-corrected chi connectivity index (χ1v) is 9.93.